The van der Waals surface area contributed by atoms with Gasteiger partial charge in [-0.2, -0.15) is 5.10 Å². The van der Waals surface area contributed by atoms with Crippen LogP contribution < -0.4 is 0 Å². The fourth-order valence-electron chi connectivity index (χ4n) is 2.00. The number of nitrogens with zero attached hydrogens (tertiary/aromatic N) is 2. The van der Waals surface area contributed by atoms with Crippen LogP contribution in [0.15, 0.2) is 30.6 Å². The number of hydrogen-bond acceptors (Lipinski definition) is 2. The Labute approximate surface area is 108 Å². The van der Waals surface area contributed by atoms with Crippen molar-refractivity contribution in [1.29, 1.82) is 0 Å². The summed E-state index contributed by atoms with van der Waals surface area (Å²) in [5.41, 5.74) is 4.22. The van der Waals surface area contributed by atoms with E-state index in [0.717, 1.165) is 24.1 Å². The monoisotopic (exact) mass is 244 g/mol. The lowest BCUT2D eigenvalue weighted by molar-refractivity contribution is 0.220. The van der Waals surface area contributed by atoms with Gasteiger partial charge in [0.15, 0.2) is 0 Å². The summed E-state index contributed by atoms with van der Waals surface area (Å²) in [5.74, 6) is 0. The fourth-order valence-corrected chi connectivity index (χ4v) is 2.00. The van der Waals surface area contributed by atoms with Crippen molar-refractivity contribution in [3.8, 4) is 0 Å². The van der Waals surface area contributed by atoms with Gasteiger partial charge in [-0.3, -0.25) is 4.68 Å². The SMILES string of the molecule is CCCn1cc(C(O)c2ccc(C)c(C)c2)cn1. The number of rotatable bonds is 4. The maximum absolute atomic E-state index is 10.3. The highest BCUT2D eigenvalue weighted by atomic mass is 16.3. The Hall–Kier alpha value is -1.61. The molecule has 0 aliphatic heterocycles. The normalized spacial score (nSPS) is 12.7. The highest BCUT2D eigenvalue weighted by Gasteiger charge is 2.13. The Morgan fingerprint density at radius 1 is 1.22 bits per heavy atom. The summed E-state index contributed by atoms with van der Waals surface area (Å²) in [6.45, 7) is 7.14. The van der Waals surface area contributed by atoms with Crippen LogP contribution in [0.2, 0.25) is 0 Å². The first kappa shape index (κ1) is 12.8. The zero-order valence-electron chi connectivity index (χ0n) is 11.2. The number of aromatic nitrogens is 2. The van der Waals surface area contributed by atoms with Crippen LogP contribution in [0.5, 0.6) is 0 Å². The molecule has 0 saturated carbocycles. The van der Waals surface area contributed by atoms with Crippen LogP contribution in [-0.2, 0) is 6.54 Å². The van der Waals surface area contributed by atoms with Gasteiger partial charge in [0.1, 0.15) is 6.10 Å². The van der Waals surface area contributed by atoms with E-state index >= 15 is 0 Å². The van der Waals surface area contributed by atoms with Crippen molar-refractivity contribution in [2.45, 2.75) is 39.8 Å². The van der Waals surface area contributed by atoms with Gasteiger partial charge in [0.2, 0.25) is 0 Å². The van der Waals surface area contributed by atoms with Crippen LogP contribution >= 0.6 is 0 Å². The molecule has 1 heterocycles. The molecule has 18 heavy (non-hydrogen) atoms. The number of aliphatic hydroxyl groups is 1. The molecule has 0 aliphatic carbocycles. The molecule has 1 aromatic carbocycles. The molecule has 1 unspecified atom stereocenters. The molecule has 0 aliphatic rings. The van der Waals surface area contributed by atoms with Gasteiger partial charge in [-0.1, -0.05) is 25.1 Å². The first-order valence-electron chi connectivity index (χ1n) is 6.39. The summed E-state index contributed by atoms with van der Waals surface area (Å²) in [5, 5.41) is 14.6. The second kappa shape index (κ2) is 5.36. The van der Waals surface area contributed by atoms with Crippen molar-refractivity contribution in [2.75, 3.05) is 0 Å². The quantitative estimate of drug-likeness (QED) is 0.897. The lowest BCUT2D eigenvalue weighted by Gasteiger charge is -2.11. The van der Waals surface area contributed by atoms with Crippen molar-refractivity contribution >= 4 is 0 Å². The largest absolute Gasteiger partial charge is 0.384 e. The number of aliphatic hydroxyl groups excluding tert-OH is 1. The smallest absolute Gasteiger partial charge is 0.107 e. The first-order valence-corrected chi connectivity index (χ1v) is 6.39. The van der Waals surface area contributed by atoms with Crippen LogP contribution in [-0.4, -0.2) is 14.9 Å². The molecule has 3 heteroatoms. The van der Waals surface area contributed by atoms with E-state index in [1.54, 1.807) is 6.20 Å². The molecule has 96 valence electrons. The molecule has 0 radical (unpaired) electrons. The summed E-state index contributed by atoms with van der Waals surface area (Å²) < 4.78 is 1.87. The van der Waals surface area contributed by atoms with Gasteiger partial charge in [0, 0.05) is 18.3 Å². The Balaban J connectivity index is 2.23. The van der Waals surface area contributed by atoms with Gasteiger partial charge < -0.3 is 5.11 Å². The van der Waals surface area contributed by atoms with Crippen molar-refractivity contribution in [3.05, 3.63) is 52.8 Å². The second-order valence-corrected chi connectivity index (χ2v) is 4.78. The van der Waals surface area contributed by atoms with Crippen LogP contribution in [0.25, 0.3) is 0 Å². The van der Waals surface area contributed by atoms with E-state index in [-0.39, 0.29) is 0 Å². The minimum atomic E-state index is -0.588. The third-order valence-corrected chi connectivity index (χ3v) is 3.27. The lowest BCUT2D eigenvalue weighted by atomic mass is 10.00. The fraction of sp³-hybridized carbons (Fsp3) is 0.400. The minimum Gasteiger partial charge on any atom is -0.384 e. The Bertz CT molecular complexity index is 531. The summed E-state index contributed by atoms with van der Waals surface area (Å²) in [6.07, 6.45) is 4.12. The number of benzene rings is 1. The van der Waals surface area contributed by atoms with Crippen molar-refractivity contribution in [2.24, 2.45) is 0 Å². The molecule has 1 N–H and O–H groups in total. The van der Waals surface area contributed by atoms with E-state index in [4.69, 9.17) is 0 Å². The highest BCUT2D eigenvalue weighted by molar-refractivity contribution is 5.34. The summed E-state index contributed by atoms with van der Waals surface area (Å²) >= 11 is 0. The zero-order valence-corrected chi connectivity index (χ0v) is 11.2. The van der Waals surface area contributed by atoms with Gasteiger partial charge in [0.25, 0.3) is 0 Å². The topological polar surface area (TPSA) is 38.0 Å². The van der Waals surface area contributed by atoms with Gasteiger partial charge in [-0.15, -0.1) is 0 Å². The van der Waals surface area contributed by atoms with Gasteiger partial charge >= 0.3 is 0 Å². The predicted octanol–water partition coefficient (Wildman–Crippen LogP) is 2.99. The average molecular weight is 244 g/mol. The molecular formula is C15H20N2O. The van der Waals surface area contributed by atoms with Gasteiger partial charge in [-0.05, 0) is 37.0 Å². The zero-order chi connectivity index (χ0) is 13.1. The molecule has 1 aromatic heterocycles. The van der Waals surface area contributed by atoms with Crippen LogP contribution in [0, 0.1) is 13.8 Å². The highest BCUT2D eigenvalue weighted by Crippen LogP contribution is 2.23. The molecule has 0 amide bonds. The van der Waals surface area contributed by atoms with Crippen molar-refractivity contribution in [1.82, 2.24) is 9.78 Å². The van der Waals surface area contributed by atoms with E-state index in [0.29, 0.717) is 0 Å². The third-order valence-electron chi connectivity index (χ3n) is 3.27. The predicted molar refractivity (Wildman–Crippen MR) is 72.5 cm³/mol. The summed E-state index contributed by atoms with van der Waals surface area (Å²) in [7, 11) is 0. The van der Waals surface area contributed by atoms with E-state index in [1.807, 2.05) is 29.1 Å². The number of hydrogen-bond donors (Lipinski definition) is 1. The standard InChI is InChI=1S/C15H20N2O/c1-4-7-17-10-14(9-16-17)15(18)13-6-5-11(2)12(3)8-13/h5-6,8-10,15,18H,4,7H2,1-3H3. The first-order chi connectivity index (χ1) is 8.61. The molecular weight excluding hydrogens is 224 g/mol. The second-order valence-electron chi connectivity index (χ2n) is 4.78. The van der Waals surface area contributed by atoms with Gasteiger partial charge in [0.05, 0.1) is 6.20 Å². The van der Waals surface area contributed by atoms with Crippen molar-refractivity contribution < 1.29 is 5.11 Å². The minimum absolute atomic E-state index is 0.588. The maximum atomic E-state index is 10.3. The number of aryl methyl sites for hydroxylation is 3. The van der Waals surface area contributed by atoms with E-state index in [9.17, 15) is 5.11 Å². The van der Waals surface area contributed by atoms with Crippen molar-refractivity contribution in [3.63, 3.8) is 0 Å². The maximum Gasteiger partial charge on any atom is 0.107 e. The molecule has 2 aromatic rings. The van der Waals surface area contributed by atoms with Crippen LogP contribution in [0.4, 0.5) is 0 Å². The Morgan fingerprint density at radius 2 is 2.00 bits per heavy atom. The molecule has 0 fully saturated rings. The molecule has 0 spiro atoms. The molecule has 1 atom stereocenters. The summed E-state index contributed by atoms with van der Waals surface area (Å²) in [4.78, 5) is 0. The molecule has 0 saturated heterocycles. The van der Waals surface area contributed by atoms with E-state index in [1.165, 1.54) is 11.1 Å². The van der Waals surface area contributed by atoms with Crippen LogP contribution in [0.1, 0.15) is 41.7 Å². The summed E-state index contributed by atoms with van der Waals surface area (Å²) in [6, 6.07) is 6.06. The van der Waals surface area contributed by atoms with Crippen LogP contribution in [0.3, 0.4) is 0 Å². The third kappa shape index (κ3) is 2.62. The van der Waals surface area contributed by atoms with E-state index < -0.39 is 6.10 Å². The van der Waals surface area contributed by atoms with E-state index in [2.05, 4.69) is 25.9 Å². The molecule has 3 nitrogen and oxygen atoms in total. The molecule has 2 rings (SSSR count). The lowest BCUT2D eigenvalue weighted by Crippen LogP contribution is -2.00. The Kier molecular flexibility index (Phi) is 3.82. The van der Waals surface area contributed by atoms with Gasteiger partial charge in [-0.25, -0.2) is 0 Å². The average Bonchev–Trinajstić information content (AvgIpc) is 2.81. The Morgan fingerprint density at radius 3 is 2.67 bits per heavy atom. The molecule has 0 bridgehead atoms.